The van der Waals surface area contributed by atoms with Crippen molar-refractivity contribution in [3.63, 3.8) is 0 Å². The Morgan fingerprint density at radius 3 is 2.64 bits per heavy atom. The van der Waals surface area contributed by atoms with Crippen LogP contribution in [-0.4, -0.2) is 33.5 Å². The third kappa shape index (κ3) is 5.14. The van der Waals surface area contributed by atoms with E-state index in [4.69, 9.17) is 5.11 Å². The number of aryl methyl sites for hydroxylation is 1. The van der Waals surface area contributed by atoms with Crippen molar-refractivity contribution in [1.82, 2.24) is 9.29 Å². The van der Waals surface area contributed by atoms with E-state index in [1.54, 1.807) is 11.9 Å². The van der Waals surface area contributed by atoms with Crippen LogP contribution in [0.2, 0.25) is 0 Å². The summed E-state index contributed by atoms with van der Waals surface area (Å²) in [7, 11) is 0. The second-order valence-electron chi connectivity index (χ2n) is 6.55. The van der Waals surface area contributed by atoms with Gasteiger partial charge in [0.2, 0.25) is 0 Å². The van der Waals surface area contributed by atoms with Crippen molar-refractivity contribution in [2.45, 2.75) is 30.8 Å². The highest BCUT2D eigenvalue weighted by Crippen LogP contribution is 2.32. The zero-order chi connectivity index (χ0) is 20.3. The molecule has 4 nitrogen and oxygen atoms in total. The van der Waals surface area contributed by atoms with E-state index in [1.165, 1.54) is 6.07 Å². The highest BCUT2D eigenvalue weighted by Gasteiger charge is 2.30. The fourth-order valence-electron chi connectivity index (χ4n) is 2.92. The predicted molar refractivity (Wildman–Crippen MR) is 102 cm³/mol. The van der Waals surface area contributed by atoms with Gasteiger partial charge in [-0.3, -0.25) is 9.78 Å². The van der Waals surface area contributed by atoms with Crippen molar-refractivity contribution in [2.75, 3.05) is 13.1 Å². The van der Waals surface area contributed by atoms with Gasteiger partial charge in [-0.15, -0.1) is 0 Å². The number of halogens is 3. The van der Waals surface area contributed by atoms with Gasteiger partial charge in [0, 0.05) is 24.2 Å². The number of alkyl halides is 3. The van der Waals surface area contributed by atoms with Crippen LogP contribution >= 0.6 is 11.9 Å². The zero-order valence-electron chi connectivity index (χ0n) is 15.2. The minimum Gasteiger partial charge on any atom is -0.481 e. The smallest absolute Gasteiger partial charge is 0.417 e. The van der Waals surface area contributed by atoms with Crippen LogP contribution in [-0.2, 0) is 17.4 Å². The fourth-order valence-corrected chi connectivity index (χ4v) is 3.88. The van der Waals surface area contributed by atoms with Gasteiger partial charge in [0.1, 0.15) is 0 Å². The Kier molecular flexibility index (Phi) is 6.10. The molecule has 1 aliphatic heterocycles. The fraction of sp³-hybridized carbons (Fsp3) is 0.300. The Morgan fingerprint density at radius 2 is 2.07 bits per heavy atom. The summed E-state index contributed by atoms with van der Waals surface area (Å²) in [6.07, 6.45) is -0.872. The quantitative estimate of drug-likeness (QED) is 0.718. The Bertz CT molecular complexity index is 895. The van der Waals surface area contributed by atoms with Gasteiger partial charge in [0.05, 0.1) is 17.7 Å². The molecule has 0 aliphatic carbocycles. The molecule has 28 heavy (non-hydrogen) atoms. The van der Waals surface area contributed by atoms with Crippen LogP contribution in [0.1, 0.15) is 28.8 Å². The Hall–Kier alpha value is -2.32. The lowest BCUT2D eigenvalue weighted by atomic mass is 10.0. The molecule has 0 atom stereocenters. The highest BCUT2D eigenvalue weighted by atomic mass is 32.2. The molecule has 0 saturated heterocycles. The van der Waals surface area contributed by atoms with E-state index in [0.29, 0.717) is 18.7 Å². The van der Waals surface area contributed by atoms with Crippen molar-refractivity contribution in [3.8, 4) is 0 Å². The molecule has 0 spiro atoms. The number of nitrogens with zero attached hydrogens (tertiary/aromatic N) is 2. The van der Waals surface area contributed by atoms with Crippen molar-refractivity contribution in [2.24, 2.45) is 0 Å². The molecule has 0 amide bonds. The summed E-state index contributed by atoms with van der Waals surface area (Å²) < 4.78 is 40.1. The molecule has 8 heteroatoms. The van der Waals surface area contributed by atoms with E-state index in [-0.39, 0.29) is 6.42 Å². The second kappa shape index (κ2) is 8.36. The van der Waals surface area contributed by atoms with Gasteiger partial charge in [-0.1, -0.05) is 12.1 Å². The lowest BCUT2D eigenvalue weighted by Gasteiger charge is -2.25. The van der Waals surface area contributed by atoms with Crippen molar-refractivity contribution in [1.29, 1.82) is 0 Å². The maximum Gasteiger partial charge on any atom is 0.417 e. The molecule has 1 aromatic carbocycles. The molecule has 0 saturated carbocycles. The predicted octanol–water partition coefficient (Wildman–Crippen LogP) is 4.83. The van der Waals surface area contributed by atoms with E-state index in [0.717, 1.165) is 40.4 Å². The van der Waals surface area contributed by atoms with Crippen LogP contribution in [0.25, 0.3) is 5.57 Å². The van der Waals surface area contributed by atoms with Crippen LogP contribution in [0.5, 0.6) is 0 Å². The minimum atomic E-state index is -4.38. The van der Waals surface area contributed by atoms with Gasteiger partial charge in [0.15, 0.2) is 0 Å². The molecule has 0 unspecified atom stereocenters. The lowest BCUT2D eigenvalue weighted by Crippen LogP contribution is -2.22. The molecular weight excluding hydrogens is 389 g/mol. The first-order valence-electron chi connectivity index (χ1n) is 8.69. The molecular formula is C20H19F3N2O2S. The molecule has 148 valence electrons. The number of benzene rings is 1. The summed E-state index contributed by atoms with van der Waals surface area (Å²) in [5.74, 6) is -0.861. The second-order valence-corrected chi connectivity index (χ2v) is 7.72. The maximum absolute atomic E-state index is 12.6. The van der Waals surface area contributed by atoms with Gasteiger partial charge in [-0.05, 0) is 66.3 Å². The van der Waals surface area contributed by atoms with Gasteiger partial charge in [-0.2, -0.15) is 13.2 Å². The van der Waals surface area contributed by atoms with E-state index in [1.807, 2.05) is 31.2 Å². The third-order valence-corrected chi connectivity index (χ3v) is 5.54. The summed E-state index contributed by atoms with van der Waals surface area (Å²) in [5.41, 5.74) is 2.49. The van der Waals surface area contributed by atoms with Crippen LogP contribution in [0.15, 0.2) is 47.5 Å². The van der Waals surface area contributed by atoms with E-state index < -0.39 is 17.7 Å². The normalized spacial score (nSPS) is 15.4. The highest BCUT2D eigenvalue weighted by molar-refractivity contribution is 7.97. The molecule has 2 heterocycles. The van der Waals surface area contributed by atoms with Gasteiger partial charge >= 0.3 is 12.1 Å². The van der Waals surface area contributed by atoms with Crippen LogP contribution < -0.4 is 0 Å². The summed E-state index contributed by atoms with van der Waals surface area (Å²) in [5, 5.41) is 9.01. The van der Waals surface area contributed by atoms with Crippen LogP contribution in [0.3, 0.4) is 0 Å². The number of carboxylic acid groups (broad SMARTS) is 1. The number of rotatable bonds is 5. The van der Waals surface area contributed by atoms with E-state index >= 15 is 0 Å². The van der Waals surface area contributed by atoms with Crippen molar-refractivity contribution in [3.05, 3.63) is 65.0 Å². The largest absolute Gasteiger partial charge is 0.481 e. The lowest BCUT2D eigenvalue weighted by molar-refractivity contribution is -0.138. The number of pyridine rings is 1. The first kappa shape index (κ1) is 20.4. The average Bonchev–Trinajstić information content (AvgIpc) is 2.64. The first-order chi connectivity index (χ1) is 13.2. The Balaban J connectivity index is 1.65. The molecule has 2 aromatic rings. The third-order valence-electron chi connectivity index (χ3n) is 4.49. The molecule has 1 aliphatic rings. The molecule has 0 bridgehead atoms. The summed E-state index contributed by atoms with van der Waals surface area (Å²) in [6, 6.07) is 8.24. The van der Waals surface area contributed by atoms with Gasteiger partial charge in [-0.25, -0.2) is 4.31 Å². The standard InChI is InChI=1S/C20H19F3N2O2S/c1-13-2-4-17(10-15(13)11-19(26)27)28-25-8-6-14(7-9-25)18-5-3-16(12-24-18)20(21,22)23/h2-6,10,12H,7-9,11H2,1H3,(H,26,27). The van der Waals surface area contributed by atoms with E-state index in [2.05, 4.69) is 9.29 Å². The van der Waals surface area contributed by atoms with Gasteiger partial charge in [0.25, 0.3) is 0 Å². The number of carbonyl (C=O) groups is 1. The monoisotopic (exact) mass is 408 g/mol. The summed E-state index contributed by atoms with van der Waals surface area (Å²) in [4.78, 5) is 15.9. The molecule has 3 rings (SSSR count). The number of carboxylic acids is 1. The van der Waals surface area contributed by atoms with Crippen molar-refractivity contribution < 1.29 is 23.1 Å². The van der Waals surface area contributed by atoms with Crippen molar-refractivity contribution >= 4 is 23.5 Å². The van der Waals surface area contributed by atoms with Crippen LogP contribution in [0, 0.1) is 6.92 Å². The zero-order valence-corrected chi connectivity index (χ0v) is 16.0. The molecule has 1 N–H and O–H groups in total. The Morgan fingerprint density at radius 1 is 1.29 bits per heavy atom. The summed E-state index contributed by atoms with van der Waals surface area (Å²) in [6.45, 7) is 3.24. The minimum absolute atomic E-state index is 0.0100. The average molecular weight is 408 g/mol. The summed E-state index contributed by atoms with van der Waals surface area (Å²) >= 11 is 1.54. The molecule has 0 fully saturated rings. The topological polar surface area (TPSA) is 53.4 Å². The van der Waals surface area contributed by atoms with Gasteiger partial charge < -0.3 is 5.11 Å². The number of aromatic nitrogens is 1. The first-order valence-corrected chi connectivity index (χ1v) is 9.46. The number of aliphatic carboxylic acids is 1. The SMILES string of the molecule is Cc1ccc(SN2CC=C(c3ccc(C(F)(F)F)cn3)CC2)cc1CC(=O)O. The molecule has 0 radical (unpaired) electrons. The number of hydrogen-bond acceptors (Lipinski definition) is 4. The Labute approximate surface area is 165 Å². The number of hydrogen-bond donors (Lipinski definition) is 1. The maximum atomic E-state index is 12.6. The molecule has 1 aromatic heterocycles. The van der Waals surface area contributed by atoms with E-state index in [9.17, 15) is 18.0 Å². The van der Waals surface area contributed by atoms with Crippen LogP contribution in [0.4, 0.5) is 13.2 Å².